The molecular weight excluding hydrogens is 749 g/mol. The molecule has 1 saturated heterocycles. The first-order valence-corrected chi connectivity index (χ1v) is 19.0. The van der Waals surface area contributed by atoms with Crippen molar-refractivity contribution in [2.24, 2.45) is 39.7 Å². The van der Waals surface area contributed by atoms with Crippen LogP contribution >= 0.6 is 0 Å². The highest BCUT2D eigenvalue weighted by Gasteiger charge is 2.20. The van der Waals surface area contributed by atoms with E-state index in [-0.39, 0.29) is 48.5 Å². The Hall–Kier alpha value is -6.22. The van der Waals surface area contributed by atoms with Gasteiger partial charge in [0.2, 0.25) is 11.8 Å². The molecule has 1 aliphatic rings. The molecule has 58 heavy (non-hydrogen) atoms. The number of carbonyl (C=O) groups excluding carboxylic acids is 6. The molecule has 5 rings (SSSR count). The van der Waals surface area contributed by atoms with Gasteiger partial charge in [-0.3, -0.25) is 28.8 Å². The highest BCUT2D eigenvalue weighted by atomic mass is 16.2. The predicted octanol–water partition coefficient (Wildman–Crippen LogP) is -0.103. The lowest BCUT2D eigenvalue weighted by Crippen LogP contribution is -2.47. The Labute approximate surface area is 336 Å². The van der Waals surface area contributed by atoms with Crippen molar-refractivity contribution in [1.82, 2.24) is 38.7 Å². The minimum absolute atomic E-state index is 0.166. The van der Waals surface area contributed by atoms with Gasteiger partial charge in [0, 0.05) is 92.2 Å². The molecule has 1 aliphatic heterocycles. The summed E-state index contributed by atoms with van der Waals surface area (Å²) in [7, 11) is 6.86. The molecule has 20 heteroatoms. The standard InChI is InChI=1S/C38H54N14O6/c1-47-23-27(45-37(57)31-15-25(21-49(31)3)43-33(53)19-39)17-29(47)35(55)41-7-5-9-51-11-13-52(14-12-51)10-6-8-42-36(56)30-18-28(24-48(30)2)46-38(58)32-16-26(22-50(32)4)44-34(54)20-40/h15-18,21-24H,5-14,19-20,39-40H2,1-4H3,(H,41,55)(H,42,56)(H,43,53)(H,44,54)(H,45,57)(H,46,58). The molecule has 4 aromatic heterocycles. The number of aromatic nitrogens is 4. The average molecular weight is 803 g/mol. The molecule has 0 unspecified atom stereocenters. The monoisotopic (exact) mass is 802 g/mol. The van der Waals surface area contributed by atoms with Gasteiger partial charge in [-0.1, -0.05) is 0 Å². The number of nitrogens with zero attached hydrogens (tertiary/aromatic N) is 6. The third-order valence-electron chi connectivity index (χ3n) is 9.74. The second-order valence-electron chi connectivity index (χ2n) is 14.2. The fraction of sp³-hybridized carbons (Fsp3) is 0.421. The third kappa shape index (κ3) is 11.4. The second kappa shape index (κ2) is 19.8. The SMILES string of the molecule is Cn1cc(NC(=O)c2cc(NC(=O)CN)cn2C)cc1C(=O)NCCCN1CCN(CCCNC(=O)c2cc(NC(=O)c3cc(NC(=O)CN)cn3C)cn2C)CC1. The number of amides is 6. The van der Waals surface area contributed by atoms with Gasteiger partial charge in [-0.05, 0) is 50.2 Å². The maximum atomic E-state index is 12.9. The van der Waals surface area contributed by atoms with Crippen LogP contribution in [-0.4, -0.2) is 129 Å². The van der Waals surface area contributed by atoms with Crippen molar-refractivity contribution >= 4 is 58.2 Å². The molecule has 0 aliphatic carbocycles. The lowest BCUT2D eigenvalue weighted by atomic mass is 10.2. The third-order valence-corrected chi connectivity index (χ3v) is 9.74. The number of carbonyl (C=O) groups is 6. The number of nitrogens with two attached hydrogens (primary N) is 2. The fourth-order valence-electron chi connectivity index (χ4n) is 6.68. The van der Waals surface area contributed by atoms with Crippen LogP contribution in [0.15, 0.2) is 49.1 Å². The van der Waals surface area contributed by atoms with Crippen molar-refractivity contribution in [3.63, 3.8) is 0 Å². The number of piperazine rings is 1. The molecule has 10 N–H and O–H groups in total. The van der Waals surface area contributed by atoms with Crippen LogP contribution in [0, 0.1) is 0 Å². The van der Waals surface area contributed by atoms with Crippen LogP contribution < -0.4 is 43.4 Å². The van der Waals surface area contributed by atoms with Gasteiger partial charge in [-0.15, -0.1) is 0 Å². The van der Waals surface area contributed by atoms with E-state index in [1.165, 1.54) is 0 Å². The first-order valence-electron chi connectivity index (χ1n) is 19.0. The highest BCUT2D eigenvalue weighted by molar-refractivity contribution is 6.06. The molecule has 4 aromatic rings. The molecule has 6 amide bonds. The maximum absolute atomic E-state index is 12.9. The van der Waals surface area contributed by atoms with E-state index in [0.29, 0.717) is 58.6 Å². The van der Waals surface area contributed by atoms with Gasteiger partial charge >= 0.3 is 0 Å². The number of hydrogen-bond acceptors (Lipinski definition) is 10. The van der Waals surface area contributed by atoms with E-state index < -0.39 is 0 Å². The van der Waals surface area contributed by atoms with Crippen LogP contribution in [0.4, 0.5) is 22.7 Å². The van der Waals surface area contributed by atoms with Gasteiger partial charge in [0.1, 0.15) is 22.8 Å². The number of anilines is 4. The van der Waals surface area contributed by atoms with E-state index in [2.05, 4.69) is 41.7 Å². The largest absolute Gasteiger partial charge is 0.351 e. The van der Waals surface area contributed by atoms with Gasteiger partial charge in [0.05, 0.1) is 35.8 Å². The smallest absolute Gasteiger partial charge is 0.272 e. The van der Waals surface area contributed by atoms with Crippen molar-refractivity contribution < 1.29 is 28.8 Å². The Bertz CT molecular complexity index is 1970. The van der Waals surface area contributed by atoms with E-state index >= 15 is 0 Å². The molecule has 0 spiro atoms. The van der Waals surface area contributed by atoms with Gasteiger partial charge in [-0.2, -0.15) is 0 Å². The minimum Gasteiger partial charge on any atom is -0.351 e. The van der Waals surface area contributed by atoms with Crippen molar-refractivity contribution in [3.8, 4) is 0 Å². The highest BCUT2D eigenvalue weighted by Crippen LogP contribution is 2.19. The van der Waals surface area contributed by atoms with Crippen molar-refractivity contribution in [1.29, 1.82) is 0 Å². The zero-order chi connectivity index (χ0) is 41.9. The van der Waals surface area contributed by atoms with Gasteiger partial charge in [0.25, 0.3) is 23.6 Å². The van der Waals surface area contributed by atoms with Crippen LogP contribution in [0.5, 0.6) is 0 Å². The molecule has 0 radical (unpaired) electrons. The fourth-order valence-corrected chi connectivity index (χ4v) is 6.68. The molecule has 1 fully saturated rings. The van der Waals surface area contributed by atoms with E-state index in [9.17, 15) is 28.8 Å². The lowest BCUT2D eigenvalue weighted by molar-refractivity contribution is -0.115. The average Bonchev–Trinajstić information content (AvgIpc) is 3.96. The van der Waals surface area contributed by atoms with Crippen molar-refractivity contribution in [2.45, 2.75) is 12.8 Å². The zero-order valence-electron chi connectivity index (χ0n) is 33.4. The lowest BCUT2D eigenvalue weighted by Gasteiger charge is -2.34. The molecular formula is C38H54N14O6. The molecule has 20 nitrogen and oxygen atoms in total. The Morgan fingerprint density at radius 1 is 0.483 bits per heavy atom. The second-order valence-corrected chi connectivity index (χ2v) is 14.2. The molecule has 0 bridgehead atoms. The summed E-state index contributed by atoms with van der Waals surface area (Å²) in [6, 6.07) is 6.34. The van der Waals surface area contributed by atoms with Crippen LogP contribution in [0.2, 0.25) is 0 Å². The number of aryl methyl sites for hydroxylation is 4. The summed E-state index contributed by atoms with van der Waals surface area (Å²) in [6.07, 6.45) is 8.14. The van der Waals surface area contributed by atoms with E-state index in [1.807, 2.05) is 0 Å². The van der Waals surface area contributed by atoms with E-state index in [4.69, 9.17) is 11.5 Å². The summed E-state index contributed by atoms with van der Waals surface area (Å²) in [4.78, 5) is 79.6. The summed E-state index contributed by atoms with van der Waals surface area (Å²) in [5.41, 5.74) is 14.0. The predicted molar refractivity (Wildman–Crippen MR) is 220 cm³/mol. The van der Waals surface area contributed by atoms with Gasteiger partial charge in [0.15, 0.2) is 0 Å². The Morgan fingerprint density at radius 2 is 0.776 bits per heavy atom. The van der Waals surface area contributed by atoms with Crippen LogP contribution in [0.3, 0.4) is 0 Å². The Balaban J connectivity index is 0.952. The zero-order valence-corrected chi connectivity index (χ0v) is 33.4. The molecule has 312 valence electrons. The topological polar surface area (TPSA) is 253 Å². The number of nitrogens with one attached hydrogen (secondary N) is 6. The quantitative estimate of drug-likeness (QED) is 0.0621. The molecule has 0 saturated carbocycles. The van der Waals surface area contributed by atoms with E-state index in [0.717, 1.165) is 52.1 Å². The number of hydrogen-bond donors (Lipinski definition) is 8. The Kier molecular flexibility index (Phi) is 14.6. The minimum atomic E-state index is -0.388. The molecule has 0 aromatic carbocycles. The van der Waals surface area contributed by atoms with Gasteiger partial charge in [-0.25, -0.2) is 0 Å². The summed E-state index contributed by atoms with van der Waals surface area (Å²) >= 11 is 0. The molecule has 5 heterocycles. The maximum Gasteiger partial charge on any atom is 0.272 e. The summed E-state index contributed by atoms with van der Waals surface area (Å²) in [6.45, 7) is 6.02. The first-order chi connectivity index (χ1) is 27.7. The summed E-state index contributed by atoms with van der Waals surface area (Å²) in [5, 5.41) is 16.8. The van der Waals surface area contributed by atoms with Gasteiger partial charge < -0.3 is 71.4 Å². The van der Waals surface area contributed by atoms with E-state index in [1.54, 1.807) is 95.5 Å². The summed E-state index contributed by atoms with van der Waals surface area (Å²) in [5.74, 6) is -1.98. The first kappa shape index (κ1) is 42.9. The molecule has 0 atom stereocenters. The Morgan fingerprint density at radius 3 is 1.09 bits per heavy atom. The number of rotatable bonds is 18. The normalized spacial score (nSPS) is 13.2. The van der Waals surface area contributed by atoms with Crippen LogP contribution in [0.1, 0.15) is 54.8 Å². The summed E-state index contributed by atoms with van der Waals surface area (Å²) < 4.78 is 6.50. The van der Waals surface area contributed by atoms with Crippen molar-refractivity contribution in [2.75, 3.05) is 86.7 Å². The van der Waals surface area contributed by atoms with Crippen molar-refractivity contribution in [3.05, 3.63) is 71.8 Å². The van der Waals surface area contributed by atoms with Crippen LogP contribution in [0.25, 0.3) is 0 Å². The van der Waals surface area contributed by atoms with Crippen LogP contribution in [-0.2, 0) is 37.8 Å².